The lowest BCUT2D eigenvalue weighted by Crippen LogP contribution is -1.95. The Labute approximate surface area is 118 Å². The summed E-state index contributed by atoms with van der Waals surface area (Å²) < 4.78 is 0. The number of nitrogens with zero attached hydrogens (tertiary/aromatic N) is 2. The number of aryl methyl sites for hydroxylation is 2. The first-order valence-electron chi connectivity index (χ1n) is 5.82. The lowest BCUT2D eigenvalue weighted by molar-refractivity contribution is -0.385. The lowest BCUT2D eigenvalue weighted by atomic mass is 10.1. The molecule has 0 amide bonds. The summed E-state index contributed by atoms with van der Waals surface area (Å²) in [4.78, 5) is 25.8. The van der Waals surface area contributed by atoms with Crippen LogP contribution in [0, 0.1) is 24.0 Å². The van der Waals surface area contributed by atoms with E-state index in [1.807, 2.05) is 0 Å². The van der Waals surface area contributed by atoms with Gasteiger partial charge in [-0.3, -0.25) is 10.1 Å². The van der Waals surface area contributed by atoms with E-state index in [1.54, 1.807) is 26.0 Å². The highest BCUT2D eigenvalue weighted by Crippen LogP contribution is 2.24. The van der Waals surface area contributed by atoms with Gasteiger partial charge in [0.2, 0.25) is 0 Å². The van der Waals surface area contributed by atoms with E-state index in [4.69, 9.17) is 5.11 Å². The molecule has 2 rings (SSSR count). The number of aromatic carboxylic acids is 1. The predicted octanol–water partition coefficient (Wildman–Crippen LogP) is 2.96. The van der Waals surface area contributed by atoms with Crippen LogP contribution >= 0.6 is 11.3 Å². The van der Waals surface area contributed by atoms with E-state index in [9.17, 15) is 14.9 Å². The average molecular weight is 292 g/mol. The molecule has 0 saturated carbocycles. The van der Waals surface area contributed by atoms with Gasteiger partial charge in [-0.05, 0) is 19.4 Å². The molecule has 0 aliphatic carbocycles. The van der Waals surface area contributed by atoms with Crippen molar-refractivity contribution in [3.63, 3.8) is 0 Å². The Bertz CT molecular complexity index is 694. The highest BCUT2D eigenvalue weighted by atomic mass is 32.1. The highest BCUT2D eigenvalue weighted by Gasteiger charge is 2.16. The first kappa shape index (κ1) is 14.1. The molecule has 0 bridgehead atoms. The number of carboxylic acids is 1. The highest BCUT2D eigenvalue weighted by molar-refractivity contribution is 7.13. The molecule has 0 aliphatic rings. The van der Waals surface area contributed by atoms with Gasteiger partial charge in [-0.1, -0.05) is 12.1 Å². The molecule has 1 heterocycles. The average Bonchev–Trinajstić information content (AvgIpc) is 2.72. The van der Waals surface area contributed by atoms with Crippen LogP contribution in [0.15, 0.2) is 18.2 Å². The Morgan fingerprint density at radius 2 is 2.15 bits per heavy atom. The minimum Gasteiger partial charge on any atom is -0.477 e. The summed E-state index contributed by atoms with van der Waals surface area (Å²) in [6.45, 7) is 3.32. The van der Waals surface area contributed by atoms with Crippen LogP contribution in [0.1, 0.15) is 31.5 Å². The van der Waals surface area contributed by atoms with Gasteiger partial charge in [0, 0.05) is 18.1 Å². The van der Waals surface area contributed by atoms with Crippen molar-refractivity contribution in [1.82, 2.24) is 4.98 Å². The van der Waals surface area contributed by atoms with Gasteiger partial charge in [0.15, 0.2) is 0 Å². The largest absolute Gasteiger partial charge is 0.477 e. The third kappa shape index (κ3) is 2.83. The number of hydrogen-bond donors (Lipinski definition) is 1. The lowest BCUT2D eigenvalue weighted by Gasteiger charge is -2.01. The number of nitro groups is 1. The molecular formula is C13H12N2O4S. The van der Waals surface area contributed by atoms with Gasteiger partial charge in [-0.25, -0.2) is 9.78 Å². The summed E-state index contributed by atoms with van der Waals surface area (Å²) in [6.07, 6.45) is 0.389. The summed E-state index contributed by atoms with van der Waals surface area (Å²) in [5, 5.41) is 20.5. The van der Waals surface area contributed by atoms with Crippen molar-refractivity contribution < 1.29 is 14.8 Å². The monoisotopic (exact) mass is 292 g/mol. The van der Waals surface area contributed by atoms with Gasteiger partial charge in [0.1, 0.15) is 4.88 Å². The molecule has 1 aromatic carbocycles. The first-order valence-corrected chi connectivity index (χ1v) is 6.63. The van der Waals surface area contributed by atoms with E-state index in [1.165, 1.54) is 6.07 Å². The number of thiazole rings is 1. The minimum atomic E-state index is -0.999. The second-order valence-electron chi connectivity index (χ2n) is 4.38. The quantitative estimate of drug-likeness (QED) is 0.690. The number of rotatable bonds is 4. The van der Waals surface area contributed by atoms with Crippen molar-refractivity contribution >= 4 is 23.0 Å². The minimum absolute atomic E-state index is 0.0641. The van der Waals surface area contributed by atoms with Gasteiger partial charge >= 0.3 is 5.97 Å². The van der Waals surface area contributed by atoms with Crippen molar-refractivity contribution in [3.8, 4) is 0 Å². The maximum atomic E-state index is 11.0. The van der Waals surface area contributed by atoms with Crippen LogP contribution in [0.2, 0.25) is 0 Å². The summed E-state index contributed by atoms with van der Waals surface area (Å²) in [5.41, 5.74) is 1.88. The SMILES string of the molecule is Cc1ccc(Cc2nc(C)c(C(=O)O)s2)cc1[N+](=O)[O-]. The number of aromatic nitrogens is 1. The molecule has 6 nitrogen and oxygen atoms in total. The third-order valence-corrected chi connectivity index (χ3v) is 4.01. The van der Waals surface area contributed by atoms with Gasteiger partial charge in [0.25, 0.3) is 5.69 Å². The van der Waals surface area contributed by atoms with Gasteiger partial charge in [-0.2, -0.15) is 0 Å². The Morgan fingerprint density at radius 3 is 2.70 bits per heavy atom. The second kappa shape index (κ2) is 5.38. The van der Waals surface area contributed by atoms with E-state index in [0.717, 1.165) is 16.9 Å². The zero-order chi connectivity index (χ0) is 14.9. The van der Waals surface area contributed by atoms with Crippen LogP contribution in [-0.4, -0.2) is 21.0 Å². The molecule has 104 valence electrons. The molecule has 1 aromatic heterocycles. The molecule has 2 aromatic rings. The fourth-order valence-corrected chi connectivity index (χ4v) is 2.80. The third-order valence-electron chi connectivity index (χ3n) is 2.86. The molecule has 0 spiro atoms. The predicted molar refractivity (Wildman–Crippen MR) is 74.4 cm³/mol. The Kier molecular flexibility index (Phi) is 3.80. The number of carboxylic acid groups (broad SMARTS) is 1. The Balaban J connectivity index is 2.31. The van der Waals surface area contributed by atoms with E-state index >= 15 is 0 Å². The number of carbonyl (C=O) groups is 1. The van der Waals surface area contributed by atoms with Crippen LogP contribution in [0.5, 0.6) is 0 Å². The molecule has 7 heteroatoms. The molecule has 0 radical (unpaired) electrons. The molecule has 0 saturated heterocycles. The van der Waals surface area contributed by atoms with Crippen molar-refractivity contribution in [2.45, 2.75) is 20.3 Å². The fourth-order valence-electron chi connectivity index (χ4n) is 1.86. The molecular weight excluding hydrogens is 280 g/mol. The molecule has 0 atom stereocenters. The van der Waals surface area contributed by atoms with Crippen LogP contribution in [0.3, 0.4) is 0 Å². The fraction of sp³-hybridized carbons (Fsp3) is 0.231. The van der Waals surface area contributed by atoms with E-state index in [2.05, 4.69) is 4.98 Å². The topological polar surface area (TPSA) is 93.3 Å². The van der Waals surface area contributed by atoms with Crippen molar-refractivity contribution in [2.75, 3.05) is 0 Å². The zero-order valence-corrected chi connectivity index (χ0v) is 11.7. The van der Waals surface area contributed by atoms with Gasteiger partial charge < -0.3 is 5.11 Å². The van der Waals surface area contributed by atoms with Crippen LogP contribution < -0.4 is 0 Å². The van der Waals surface area contributed by atoms with Crippen LogP contribution in [0.25, 0.3) is 0 Å². The molecule has 20 heavy (non-hydrogen) atoms. The summed E-state index contributed by atoms with van der Waals surface area (Å²) in [7, 11) is 0. The Hall–Kier alpha value is -2.28. The summed E-state index contributed by atoms with van der Waals surface area (Å²) >= 11 is 1.10. The smallest absolute Gasteiger partial charge is 0.347 e. The number of benzene rings is 1. The zero-order valence-electron chi connectivity index (χ0n) is 10.9. The molecule has 0 unspecified atom stereocenters. The van der Waals surface area contributed by atoms with Gasteiger partial charge in [0.05, 0.1) is 15.6 Å². The van der Waals surface area contributed by atoms with Crippen LogP contribution in [-0.2, 0) is 6.42 Å². The summed E-state index contributed by atoms with van der Waals surface area (Å²) in [6, 6.07) is 4.98. The van der Waals surface area contributed by atoms with Crippen molar-refractivity contribution in [2.24, 2.45) is 0 Å². The van der Waals surface area contributed by atoms with E-state index in [-0.39, 0.29) is 10.6 Å². The molecule has 0 fully saturated rings. The van der Waals surface area contributed by atoms with Crippen molar-refractivity contribution in [3.05, 3.63) is 55.0 Å². The maximum Gasteiger partial charge on any atom is 0.347 e. The van der Waals surface area contributed by atoms with E-state index < -0.39 is 10.9 Å². The van der Waals surface area contributed by atoms with Crippen LogP contribution in [0.4, 0.5) is 5.69 Å². The maximum absolute atomic E-state index is 11.0. The Morgan fingerprint density at radius 1 is 1.45 bits per heavy atom. The van der Waals surface area contributed by atoms with Crippen molar-refractivity contribution in [1.29, 1.82) is 0 Å². The summed E-state index contributed by atoms with van der Waals surface area (Å²) in [5.74, 6) is -0.999. The standard InChI is InChI=1S/C13H12N2O4S/c1-7-3-4-9(5-10(7)15(18)19)6-11-14-8(2)12(20-11)13(16)17/h3-5H,6H2,1-2H3,(H,16,17). The number of hydrogen-bond acceptors (Lipinski definition) is 5. The first-order chi connectivity index (χ1) is 9.38. The number of nitro benzene ring substituents is 1. The molecule has 1 N–H and O–H groups in total. The van der Waals surface area contributed by atoms with Gasteiger partial charge in [-0.15, -0.1) is 11.3 Å². The molecule has 0 aliphatic heterocycles. The normalized spacial score (nSPS) is 10.5. The second-order valence-corrected chi connectivity index (χ2v) is 5.47. The van der Waals surface area contributed by atoms with E-state index in [0.29, 0.717) is 22.7 Å².